The van der Waals surface area contributed by atoms with E-state index in [2.05, 4.69) is 10.3 Å². The number of hydrogen-bond donors (Lipinski definition) is 3. The summed E-state index contributed by atoms with van der Waals surface area (Å²) in [6, 6.07) is 3.41. The molecule has 8 heteroatoms. The summed E-state index contributed by atoms with van der Waals surface area (Å²) in [5, 5.41) is 7.84. The third-order valence-electron chi connectivity index (χ3n) is 1.96. The number of hydrogen-bond acceptors (Lipinski definition) is 5. The van der Waals surface area contributed by atoms with E-state index in [-0.39, 0.29) is 5.75 Å². The van der Waals surface area contributed by atoms with E-state index in [1.165, 1.54) is 0 Å². The highest BCUT2D eigenvalue weighted by Gasteiger charge is 2.02. The minimum Gasteiger partial charge on any atom is -0.389 e. The predicted octanol–water partition coefficient (Wildman–Crippen LogP) is -0.194. The zero-order chi connectivity index (χ0) is 12.9. The molecular formula is C9H14N4O2S2. The highest BCUT2D eigenvalue weighted by Crippen LogP contribution is 2.06. The standard InChI is InChI=1S/C9H14N4O2S2/c10-9(16)7-2-4-13-8(6-7)12-3-1-5-17(11,14)15/h2,4,6H,1,3,5H2,(H2,10,16)(H,12,13)(H2,11,14,15). The lowest BCUT2D eigenvalue weighted by Crippen LogP contribution is -2.19. The van der Waals surface area contributed by atoms with Crippen LogP contribution in [0, 0.1) is 0 Å². The Kier molecular flexibility index (Phi) is 4.79. The van der Waals surface area contributed by atoms with Crippen molar-refractivity contribution in [2.24, 2.45) is 10.9 Å². The first kappa shape index (κ1) is 13.8. The number of primary sulfonamides is 1. The maximum Gasteiger partial charge on any atom is 0.209 e. The Morgan fingerprint density at radius 3 is 2.82 bits per heavy atom. The Hall–Kier alpha value is -1.25. The monoisotopic (exact) mass is 274 g/mol. The predicted molar refractivity (Wildman–Crippen MR) is 71.2 cm³/mol. The van der Waals surface area contributed by atoms with Crippen LogP contribution in [0.5, 0.6) is 0 Å². The molecule has 0 fully saturated rings. The number of nitrogens with two attached hydrogens (primary N) is 2. The quantitative estimate of drug-likeness (QED) is 0.489. The maximum atomic E-state index is 10.7. The number of nitrogens with one attached hydrogen (secondary N) is 1. The Morgan fingerprint density at radius 2 is 2.24 bits per heavy atom. The largest absolute Gasteiger partial charge is 0.389 e. The molecule has 1 aromatic heterocycles. The molecule has 0 unspecified atom stereocenters. The van der Waals surface area contributed by atoms with Gasteiger partial charge in [-0.15, -0.1) is 0 Å². The molecule has 0 aliphatic rings. The van der Waals surface area contributed by atoms with Gasteiger partial charge in [-0.2, -0.15) is 0 Å². The molecule has 94 valence electrons. The fourth-order valence-corrected chi connectivity index (χ4v) is 1.84. The number of nitrogens with zero attached hydrogens (tertiary/aromatic N) is 1. The molecule has 0 atom stereocenters. The second-order valence-electron chi connectivity index (χ2n) is 3.44. The third kappa shape index (κ3) is 5.57. The van der Waals surface area contributed by atoms with Crippen molar-refractivity contribution in [2.45, 2.75) is 6.42 Å². The highest BCUT2D eigenvalue weighted by atomic mass is 32.2. The van der Waals surface area contributed by atoms with Gasteiger partial charge in [0, 0.05) is 18.3 Å². The first-order valence-corrected chi connectivity index (χ1v) is 7.01. The summed E-state index contributed by atoms with van der Waals surface area (Å²) in [5.41, 5.74) is 6.19. The molecule has 1 aromatic rings. The Bertz CT molecular complexity index is 501. The molecule has 5 N–H and O–H groups in total. The van der Waals surface area contributed by atoms with E-state index in [9.17, 15) is 8.42 Å². The van der Waals surface area contributed by atoms with Crippen molar-refractivity contribution in [1.29, 1.82) is 0 Å². The van der Waals surface area contributed by atoms with Gasteiger partial charge in [0.05, 0.1) is 5.75 Å². The van der Waals surface area contributed by atoms with Crippen molar-refractivity contribution >= 4 is 33.0 Å². The summed E-state index contributed by atoms with van der Waals surface area (Å²) in [6.07, 6.45) is 1.99. The first-order valence-electron chi connectivity index (χ1n) is 4.89. The Morgan fingerprint density at radius 1 is 1.53 bits per heavy atom. The number of rotatable bonds is 6. The van der Waals surface area contributed by atoms with Crippen LogP contribution in [-0.2, 0) is 10.0 Å². The summed E-state index contributed by atoms with van der Waals surface area (Å²) in [5.74, 6) is 0.541. The molecule has 0 aromatic carbocycles. The molecule has 0 bridgehead atoms. The van der Waals surface area contributed by atoms with Gasteiger partial charge in [-0.05, 0) is 18.6 Å². The SMILES string of the molecule is NC(=S)c1ccnc(NCCCS(N)(=O)=O)c1. The zero-order valence-corrected chi connectivity index (χ0v) is 10.7. The van der Waals surface area contributed by atoms with Gasteiger partial charge in [-0.1, -0.05) is 12.2 Å². The molecule has 0 aliphatic heterocycles. The van der Waals surface area contributed by atoms with Crippen molar-refractivity contribution in [3.63, 3.8) is 0 Å². The van der Waals surface area contributed by atoms with Crippen molar-refractivity contribution < 1.29 is 8.42 Å². The fourth-order valence-electron chi connectivity index (χ4n) is 1.17. The van der Waals surface area contributed by atoms with Crippen LogP contribution in [0.4, 0.5) is 5.82 Å². The number of thiocarbonyl (C=S) groups is 1. The summed E-state index contributed by atoms with van der Waals surface area (Å²) in [6.45, 7) is 0.463. The van der Waals surface area contributed by atoms with Gasteiger partial charge < -0.3 is 11.1 Å². The molecule has 17 heavy (non-hydrogen) atoms. The molecular weight excluding hydrogens is 260 g/mol. The van der Waals surface area contributed by atoms with E-state index in [0.717, 1.165) is 0 Å². The van der Waals surface area contributed by atoms with E-state index < -0.39 is 10.0 Å². The minimum atomic E-state index is -3.40. The molecule has 0 radical (unpaired) electrons. The van der Waals surface area contributed by atoms with Gasteiger partial charge in [0.1, 0.15) is 10.8 Å². The lowest BCUT2D eigenvalue weighted by atomic mass is 10.2. The van der Waals surface area contributed by atoms with E-state index in [1.54, 1.807) is 18.3 Å². The lowest BCUT2D eigenvalue weighted by Gasteiger charge is -2.06. The van der Waals surface area contributed by atoms with Crippen LogP contribution >= 0.6 is 12.2 Å². The second kappa shape index (κ2) is 5.89. The van der Waals surface area contributed by atoms with Gasteiger partial charge in [-0.25, -0.2) is 18.5 Å². The second-order valence-corrected chi connectivity index (χ2v) is 5.62. The van der Waals surface area contributed by atoms with Gasteiger partial charge >= 0.3 is 0 Å². The topological polar surface area (TPSA) is 111 Å². The number of aromatic nitrogens is 1. The average molecular weight is 274 g/mol. The smallest absolute Gasteiger partial charge is 0.209 e. The lowest BCUT2D eigenvalue weighted by molar-refractivity contribution is 0.595. The van der Waals surface area contributed by atoms with E-state index in [1.807, 2.05) is 0 Å². The molecule has 0 spiro atoms. The molecule has 0 saturated carbocycles. The summed E-state index contributed by atoms with van der Waals surface area (Å²) >= 11 is 4.83. The number of sulfonamides is 1. The van der Waals surface area contributed by atoms with Crippen molar-refractivity contribution in [3.05, 3.63) is 23.9 Å². The summed E-state index contributed by atoms with van der Waals surface area (Å²) < 4.78 is 21.4. The number of anilines is 1. The van der Waals surface area contributed by atoms with E-state index >= 15 is 0 Å². The van der Waals surface area contributed by atoms with Crippen LogP contribution in [0.2, 0.25) is 0 Å². The average Bonchev–Trinajstić information content (AvgIpc) is 2.23. The van der Waals surface area contributed by atoms with Gasteiger partial charge in [0.2, 0.25) is 10.0 Å². The van der Waals surface area contributed by atoms with Crippen LogP contribution in [0.3, 0.4) is 0 Å². The van der Waals surface area contributed by atoms with Crippen LogP contribution in [0.1, 0.15) is 12.0 Å². The first-order chi connectivity index (χ1) is 7.88. The highest BCUT2D eigenvalue weighted by molar-refractivity contribution is 7.89. The molecule has 6 nitrogen and oxygen atoms in total. The van der Waals surface area contributed by atoms with E-state index in [4.69, 9.17) is 23.1 Å². The van der Waals surface area contributed by atoms with Gasteiger partial charge in [0.25, 0.3) is 0 Å². The van der Waals surface area contributed by atoms with Gasteiger partial charge in [-0.3, -0.25) is 0 Å². The normalized spacial score (nSPS) is 11.1. The molecule has 0 saturated heterocycles. The van der Waals surface area contributed by atoms with Crippen molar-refractivity contribution in [1.82, 2.24) is 4.98 Å². The van der Waals surface area contributed by atoms with Crippen LogP contribution in [0.15, 0.2) is 18.3 Å². The zero-order valence-electron chi connectivity index (χ0n) is 9.09. The van der Waals surface area contributed by atoms with Crippen molar-refractivity contribution in [2.75, 3.05) is 17.6 Å². The van der Waals surface area contributed by atoms with Crippen LogP contribution < -0.4 is 16.2 Å². The molecule has 0 aliphatic carbocycles. The maximum absolute atomic E-state index is 10.7. The van der Waals surface area contributed by atoms with Crippen LogP contribution in [-0.4, -0.2) is 30.7 Å². The molecule has 0 amide bonds. The Balaban J connectivity index is 2.47. The van der Waals surface area contributed by atoms with Crippen LogP contribution in [0.25, 0.3) is 0 Å². The minimum absolute atomic E-state index is 0.0605. The molecule has 1 heterocycles. The number of pyridine rings is 1. The fraction of sp³-hybridized carbons (Fsp3) is 0.333. The third-order valence-corrected chi connectivity index (χ3v) is 3.05. The Labute approximate surface area is 105 Å². The van der Waals surface area contributed by atoms with E-state index in [0.29, 0.717) is 29.3 Å². The summed E-state index contributed by atoms with van der Waals surface area (Å²) in [4.78, 5) is 4.34. The van der Waals surface area contributed by atoms with Crippen molar-refractivity contribution in [3.8, 4) is 0 Å². The summed E-state index contributed by atoms with van der Waals surface area (Å²) in [7, 11) is -3.40. The molecule has 1 rings (SSSR count). The van der Waals surface area contributed by atoms with Gasteiger partial charge in [0.15, 0.2) is 0 Å².